The molecule has 2 heteroatoms. The SMILES string of the molecule is CCCC[N+](CCCC)(CCCC)CCCC.[BH3-]CCCC(c1ccccc1)(c1ccccc1)c1ccccc1. The lowest BCUT2D eigenvalue weighted by molar-refractivity contribution is -0.929. The number of quaternary nitrogens is 1. The van der Waals surface area contributed by atoms with Gasteiger partial charge in [-0.25, -0.2) is 0 Å². The average molecular weight is 542 g/mol. The highest BCUT2D eigenvalue weighted by atomic mass is 15.3. The molecule has 0 heterocycles. The zero-order valence-corrected chi connectivity index (χ0v) is 25.7. The number of unbranched alkanes of at least 4 members (excludes halogenated alkanes) is 4. The molecule has 0 amide bonds. The van der Waals surface area contributed by atoms with Crippen molar-refractivity contribution in [3.8, 4) is 0 Å². The molecular formula is C38H60BN. The van der Waals surface area contributed by atoms with Crippen LogP contribution in [-0.4, -0.2) is 38.5 Å². The maximum absolute atomic E-state index is 2.33. The molecule has 0 aliphatic carbocycles. The topological polar surface area (TPSA) is 0 Å². The highest BCUT2D eigenvalue weighted by Gasteiger charge is 2.35. The van der Waals surface area contributed by atoms with Crippen LogP contribution in [0.25, 0.3) is 0 Å². The van der Waals surface area contributed by atoms with Gasteiger partial charge in [0.1, 0.15) is 0 Å². The standard InChI is InChI=1S/C22H24B.C16H36N/c23-18-10-17-22(19-11-4-1-5-12-19,20-13-6-2-7-14-20)21-15-8-3-9-16-21;1-5-9-13-17(14-10-6-2,15-11-7-3)16-12-8-4/h1-9,11-16H,10,17-18H2,23H3;5-16H2,1-4H3/q-1;+1. The molecule has 0 fully saturated rings. The van der Waals surface area contributed by atoms with Crippen molar-refractivity contribution in [2.24, 2.45) is 0 Å². The molecule has 0 atom stereocenters. The normalized spacial score (nSPS) is 11.6. The molecular weight excluding hydrogens is 481 g/mol. The fraction of sp³-hybridized carbons (Fsp3) is 0.526. The molecule has 3 rings (SSSR count). The predicted molar refractivity (Wildman–Crippen MR) is 183 cm³/mol. The van der Waals surface area contributed by atoms with E-state index in [1.807, 2.05) is 0 Å². The third-order valence-electron chi connectivity index (χ3n) is 8.30. The van der Waals surface area contributed by atoms with Crippen LogP contribution in [0.3, 0.4) is 0 Å². The van der Waals surface area contributed by atoms with E-state index >= 15 is 0 Å². The van der Waals surface area contributed by atoms with E-state index in [2.05, 4.69) is 119 Å². The molecule has 3 aromatic rings. The lowest BCUT2D eigenvalue weighted by Gasteiger charge is -2.39. The molecule has 0 N–H and O–H groups in total. The van der Waals surface area contributed by atoms with Crippen molar-refractivity contribution in [3.05, 3.63) is 108 Å². The Balaban J connectivity index is 0.000000296. The van der Waals surface area contributed by atoms with Crippen LogP contribution in [-0.2, 0) is 5.41 Å². The van der Waals surface area contributed by atoms with E-state index in [-0.39, 0.29) is 5.41 Å². The van der Waals surface area contributed by atoms with Gasteiger partial charge in [-0.1, -0.05) is 151 Å². The van der Waals surface area contributed by atoms with Crippen LogP contribution in [0.2, 0.25) is 6.32 Å². The summed E-state index contributed by atoms with van der Waals surface area (Å²) in [5, 5.41) is 0. The Kier molecular flexibility index (Phi) is 16.7. The van der Waals surface area contributed by atoms with Crippen LogP contribution in [0, 0.1) is 0 Å². The Morgan fingerprint density at radius 3 is 1.02 bits per heavy atom. The first-order valence-corrected chi connectivity index (χ1v) is 15.9. The van der Waals surface area contributed by atoms with Crippen molar-refractivity contribution in [1.29, 1.82) is 0 Å². The highest BCUT2D eigenvalue weighted by Crippen LogP contribution is 2.43. The zero-order valence-electron chi connectivity index (χ0n) is 25.7. The molecule has 0 saturated heterocycles. The molecule has 0 saturated carbocycles. The van der Waals surface area contributed by atoms with Crippen LogP contribution in [0.4, 0.5) is 0 Å². The lowest BCUT2D eigenvalue weighted by Crippen LogP contribution is -2.50. The second kappa shape index (κ2) is 19.7. The van der Waals surface area contributed by atoms with Gasteiger partial charge >= 0.3 is 0 Å². The second-order valence-electron chi connectivity index (χ2n) is 11.3. The first-order chi connectivity index (χ1) is 19.6. The average Bonchev–Trinajstić information content (AvgIpc) is 3.02. The van der Waals surface area contributed by atoms with Gasteiger partial charge in [0.25, 0.3) is 0 Å². The molecule has 0 aliphatic rings. The number of benzene rings is 3. The van der Waals surface area contributed by atoms with E-state index < -0.39 is 0 Å². The highest BCUT2D eigenvalue weighted by molar-refractivity contribution is 6.08. The Hall–Kier alpha value is -2.32. The van der Waals surface area contributed by atoms with E-state index in [1.165, 1.54) is 118 Å². The molecule has 0 aromatic heterocycles. The van der Waals surface area contributed by atoms with Crippen molar-refractivity contribution in [3.63, 3.8) is 0 Å². The van der Waals surface area contributed by atoms with E-state index in [4.69, 9.17) is 0 Å². The van der Waals surface area contributed by atoms with Crippen LogP contribution >= 0.6 is 0 Å². The fourth-order valence-electron chi connectivity index (χ4n) is 6.01. The van der Waals surface area contributed by atoms with E-state index in [0.29, 0.717) is 7.85 Å². The van der Waals surface area contributed by atoms with Gasteiger partial charge in [0, 0.05) is 5.41 Å². The summed E-state index contributed by atoms with van der Waals surface area (Å²) in [4.78, 5) is 0. The second-order valence-corrected chi connectivity index (χ2v) is 11.3. The first kappa shape index (κ1) is 33.9. The molecule has 1 nitrogen and oxygen atoms in total. The van der Waals surface area contributed by atoms with Gasteiger partial charge in [0.15, 0.2) is 0 Å². The zero-order chi connectivity index (χ0) is 28.9. The minimum Gasteiger partial charge on any atom is -0.324 e. The number of hydrogen-bond acceptors (Lipinski definition) is 0. The van der Waals surface area contributed by atoms with E-state index in [0.717, 1.165) is 0 Å². The molecule has 0 radical (unpaired) electrons. The van der Waals surface area contributed by atoms with E-state index in [9.17, 15) is 0 Å². The van der Waals surface area contributed by atoms with Gasteiger partial charge in [0.2, 0.25) is 0 Å². The minimum atomic E-state index is -0.0297. The molecule has 3 aromatic carbocycles. The smallest absolute Gasteiger partial charge is 0.0786 e. The summed E-state index contributed by atoms with van der Waals surface area (Å²) in [7, 11) is 0.469. The summed E-state index contributed by atoms with van der Waals surface area (Å²) in [5.41, 5.74) is 4.19. The van der Waals surface area contributed by atoms with Gasteiger partial charge in [-0.3, -0.25) is 0 Å². The molecule has 40 heavy (non-hydrogen) atoms. The summed E-state index contributed by atoms with van der Waals surface area (Å²) < 4.78 is 1.42. The Bertz CT molecular complexity index is 852. The van der Waals surface area contributed by atoms with Gasteiger partial charge in [0.05, 0.1) is 26.2 Å². The predicted octanol–water partition coefficient (Wildman–Crippen LogP) is 9.59. The summed E-state index contributed by atoms with van der Waals surface area (Å²) in [5.74, 6) is 0. The van der Waals surface area contributed by atoms with Gasteiger partial charge in [-0.15, -0.1) is 0 Å². The minimum absolute atomic E-state index is 0.0297. The first-order valence-electron chi connectivity index (χ1n) is 15.9. The van der Waals surface area contributed by atoms with Crippen LogP contribution in [0.15, 0.2) is 91.0 Å². The molecule has 0 aliphatic heterocycles. The monoisotopic (exact) mass is 541 g/mol. The fourth-order valence-corrected chi connectivity index (χ4v) is 6.01. The third kappa shape index (κ3) is 10.3. The number of hydrogen-bond donors (Lipinski definition) is 0. The summed E-state index contributed by atoms with van der Waals surface area (Å²) in [6, 6.07) is 33.1. The maximum Gasteiger partial charge on any atom is 0.0786 e. The van der Waals surface area contributed by atoms with Gasteiger partial charge in [-0.05, 0) is 56.6 Å². The van der Waals surface area contributed by atoms with Crippen molar-refractivity contribution in [2.45, 2.75) is 104 Å². The Labute approximate surface area is 249 Å². The van der Waals surface area contributed by atoms with Crippen molar-refractivity contribution in [2.75, 3.05) is 26.2 Å². The number of nitrogens with zero attached hydrogens (tertiary/aromatic N) is 1. The van der Waals surface area contributed by atoms with Gasteiger partial charge < -0.3 is 4.48 Å². The third-order valence-corrected chi connectivity index (χ3v) is 8.30. The maximum atomic E-state index is 2.33. The van der Waals surface area contributed by atoms with Crippen LogP contribution in [0.1, 0.15) is 109 Å². The summed E-state index contributed by atoms with van der Waals surface area (Å²) >= 11 is 0. The summed E-state index contributed by atoms with van der Waals surface area (Å²) in [6.07, 6.45) is 15.0. The lowest BCUT2D eigenvalue weighted by atomic mass is 9.66. The quantitative estimate of drug-likeness (QED) is 0.0854. The molecule has 0 unspecified atom stereocenters. The van der Waals surface area contributed by atoms with Crippen molar-refractivity contribution >= 4 is 7.85 Å². The van der Waals surface area contributed by atoms with Crippen LogP contribution < -0.4 is 0 Å². The summed E-state index contributed by atoms with van der Waals surface area (Å²) in [6.45, 7) is 15.0. The largest absolute Gasteiger partial charge is 0.324 e. The van der Waals surface area contributed by atoms with Crippen molar-refractivity contribution in [1.82, 2.24) is 0 Å². The van der Waals surface area contributed by atoms with Gasteiger partial charge in [-0.2, -0.15) is 6.32 Å². The Morgan fingerprint density at radius 1 is 0.475 bits per heavy atom. The van der Waals surface area contributed by atoms with E-state index in [1.54, 1.807) is 0 Å². The van der Waals surface area contributed by atoms with Crippen LogP contribution in [0.5, 0.6) is 0 Å². The Morgan fingerprint density at radius 2 is 0.775 bits per heavy atom. The van der Waals surface area contributed by atoms with Crippen molar-refractivity contribution < 1.29 is 4.48 Å². The number of rotatable bonds is 18. The molecule has 0 bridgehead atoms. The molecule has 0 spiro atoms. The molecule has 220 valence electrons.